The summed E-state index contributed by atoms with van der Waals surface area (Å²) in [7, 11) is 1.76. The molecule has 0 unspecified atom stereocenters. The molecule has 0 aliphatic rings. The molecule has 4 heteroatoms. The van der Waals surface area contributed by atoms with Crippen LogP contribution in [0.5, 0.6) is 5.75 Å². The molecule has 0 aliphatic carbocycles. The number of rotatable bonds is 1. The molecule has 0 saturated carbocycles. The third-order valence-corrected chi connectivity index (χ3v) is 0.943. The van der Waals surface area contributed by atoms with Crippen molar-refractivity contribution in [2.24, 2.45) is 7.05 Å². The first kappa shape index (κ1) is 6.80. The molecular weight excluding hydrogens is 132 g/mol. The van der Waals surface area contributed by atoms with Crippen molar-refractivity contribution < 1.29 is 9.53 Å². The Morgan fingerprint density at radius 1 is 1.80 bits per heavy atom. The fourth-order valence-corrected chi connectivity index (χ4v) is 0.617. The predicted octanol–water partition coefficient (Wildman–Crippen LogP) is 0.345. The molecule has 1 aromatic heterocycles. The van der Waals surface area contributed by atoms with Crippen molar-refractivity contribution in [2.45, 2.75) is 6.92 Å². The van der Waals surface area contributed by atoms with Crippen molar-refractivity contribution >= 4 is 5.97 Å². The molecule has 0 spiro atoms. The van der Waals surface area contributed by atoms with Crippen LogP contribution in [0.3, 0.4) is 0 Å². The molecule has 10 heavy (non-hydrogen) atoms. The summed E-state index contributed by atoms with van der Waals surface area (Å²) in [6.45, 7) is 1.35. The topological polar surface area (TPSA) is 44.1 Å². The number of ether oxygens (including phenoxy) is 1. The highest BCUT2D eigenvalue weighted by molar-refractivity contribution is 5.68. The van der Waals surface area contributed by atoms with Gasteiger partial charge in [0.1, 0.15) is 0 Å². The smallest absolute Gasteiger partial charge is 0.308 e. The van der Waals surface area contributed by atoms with Crippen LogP contribution in [0.2, 0.25) is 0 Å². The molecule has 0 N–H and O–H groups in total. The highest BCUT2D eigenvalue weighted by Crippen LogP contribution is 2.06. The van der Waals surface area contributed by atoms with Crippen LogP contribution >= 0.6 is 0 Å². The Labute approximate surface area is 58.4 Å². The van der Waals surface area contributed by atoms with Gasteiger partial charge in [0, 0.05) is 14.0 Å². The van der Waals surface area contributed by atoms with Gasteiger partial charge in [-0.15, -0.1) is 0 Å². The van der Waals surface area contributed by atoms with Gasteiger partial charge in [0.25, 0.3) is 0 Å². The second-order valence-electron chi connectivity index (χ2n) is 1.94. The summed E-state index contributed by atoms with van der Waals surface area (Å²) in [5.74, 6) is 0.156. The van der Waals surface area contributed by atoms with Gasteiger partial charge < -0.3 is 4.74 Å². The van der Waals surface area contributed by atoms with Gasteiger partial charge in [-0.2, -0.15) is 5.10 Å². The maximum atomic E-state index is 10.4. The van der Waals surface area contributed by atoms with Crippen LogP contribution in [-0.4, -0.2) is 15.7 Å². The summed E-state index contributed by atoms with van der Waals surface area (Å²) in [6, 6.07) is 0. The van der Waals surface area contributed by atoms with E-state index >= 15 is 0 Å². The molecule has 0 radical (unpaired) electrons. The first-order valence-corrected chi connectivity index (χ1v) is 2.85. The SMILES string of the molecule is CC(=O)Oc1cnn(C)c1. The molecule has 1 rings (SSSR count). The van der Waals surface area contributed by atoms with E-state index in [9.17, 15) is 4.79 Å². The third-order valence-electron chi connectivity index (χ3n) is 0.943. The average Bonchev–Trinajstić information content (AvgIpc) is 2.13. The number of nitrogens with zero attached hydrogens (tertiary/aromatic N) is 2. The zero-order valence-corrected chi connectivity index (χ0v) is 5.87. The Bertz CT molecular complexity index is 242. The van der Waals surface area contributed by atoms with Gasteiger partial charge in [-0.25, -0.2) is 0 Å². The van der Waals surface area contributed by atoms with Gasteiger partial charge >= 0.3 is 5.97 Å². The van der Waals surface area contributed by atoms with Crippen LogP contribution < -0.4 is 4.74 Å². The van der Waals surface area contributed by atoms with E-state index in [0.29, 0.717) is 5.75 Å². The second kappa shape index (κ2) is 2.51. The normalized spacial score (nSPS) is 9.40. The number of aryl methyl sites for hydroxylation is 1. The summed E-state index contributed by atoms with van der Waals surface area (Å²) in [6.07, 6.45) is 3.11. The zero-order chi connectivity index (χ0) is 7.56. The summed E-state index contributed by atoms with van der Waals surface area (Å²) < 4.78 is 6.28. The van der Waals surface area contributed by atoms with Crippen molar-refractivity contribution in [3.63, 3.8) is 0 Å². The monoisotopic (exact) mass is 140 g/mol. The largest absolute Gasteiger partial charge is 0.423 e. The van der Waals surface area contributed by atoms with E-state index in [1.807, 2.05) is 0 Å². The molecule has 0 fully saturated rings. The zero-order valence-electron chi connectivity index (χ0n) is 5.87. The van der Waals surface area contributed by atoms with E-state index in [2.05, 4.69) is 5.10 Å². The van der Waals surface area contributed by atoms with E-state index in [1.54, 1.807) is 17.9 Å². The molecule has 0 aliphatic heterocycles. The molecule has 0 amide bonds. The van der Waals surface area contributed by atoms with Gasteiger partial charge in [0.2, 0.25) is 0 Å². The van der Waals surface area contributed by atoms with Gasteiger partial charge in [-0.1, -0.05) is 0 Å². The van der Waals surface area contributed by atoms with Gasteiger partial charge in [-0.05, 0) is 0 Å². The first-order valence-electron chi connectivity index (χ1n) is 2.85. The molecule has 4 nitrogen and oxygen atoms in total. The summed E-state index contributed by atoms with van der Waals surface area (Å²) in [5, 5.41) is 3.81. The highest BCUT2D eigenvalue weighted by Gasteiger charge is 1.98. The first-order chi connectivity index (χ1) is 4.68. The van der Waals surface area contributed by atoms with E-state index in [4.69, 9.17) is 4.74 Å². The maximum Gasteiger partial charge on any atom is 0.308 e. The minimum absolute atomic E-state index is 0.326. The highest BCUT2D eigenvalue weighted by atomic mass is 16.5. The van der Waals surface area contributed by atoms with E-state index in [1.165, 1.54) is 13.1 Å². The predicted molar refractivity (Wildman–Crippen MR) is 34.5 cm³/mol. The van der Waals surface area contributed by atoms with Crippen LogP contribution in [0.25, 0.3) is 0 Å². The van der Waals surface area contributed by atoms with Crippen LogP contribution in [0.15, 0.2) is 12.4 Å². The van der Waals surface area contributed by atoms with Gasteiger partial charge in [-0.3, -0.25) is 9.48 Å². The third kappa shape index (κ3) is 1.58. The number of carbonyl (C=O) groups excluding carboxylic acids is 1. The Morgan fingerprint density at radius 2 is 2.50 bits per heavy atom. The molecule has 1 aromatic rings. The molecule has 1 heterocycles. The van der Waals surface area contributed by atoms with E-state index < -0.39 is 0 Å². The van der Waals surface area contributed by atoms with Crippen LogP contribution in [-0.2, 0) is 11.8 Å². The van der Waals surface area contributed by atoms with Crippen molar-refractivity contribution in [1.82, 2.24) is 9.78 Å². The second-order valence-corrected chi connectivity index (χ2v) is 1.94. The van der Waals surface area contributed by atoms with E-state index in [-0.39, 0.29) is 5.97 Å². The molecule has 0 aromatic carbocycles. The summed E-state index contributed by atoms with van der Waals surface area (Å²) >= 11 is 0. The number of aromatic nitrogens is 2. The molecule has 0 saturated heterocycles. The lowest BCUT2D eigenvalue weighted by Gasteiger charge is -1.92. The average molecular weight is 140 g/mol. The number of hydrogen-bond acceptors (Lipinski definition) is 3. The van der Waals surface area contributed by atoms with Crippen molar-refractivity contribution in [1.29, 1.82) is 0 Å². The van der Waals surface area contributed by atoms with Crippen LogP contribution in [0.1, 0.15) is 6.92 Å². The Morgan fingerprint density at radius 3 is 2.90 bits per heavy atom. The quantitative estimate of drug-likeness (QED) is 0.528. The number of carbonyl (C=O) groups is 1. The van der Waals surface area contributed by atoms with E-state index in [0.717, 1.165) is 0 Å². The molecule has 0 atom stereocenters. The Hall–Kier alpha value is -1.32. The van der Waals surface area contributed by atoms with Gasteiger partial charge in [0.15, 0.2) is 5.75 Å². The standard InChI is InChI=1S/C6H8N2O2/c1-5(9)10-6-3-7-8(2)4-6/h3-4H,1-2H3. The lowest BCUT2D eigenvalue weighted by Crippen LogP contribution is -1.99. The lowest BCUT2D eigenvalue weighted by atomic mass is 10.6. The molecule has 0 bridgehead atoms. The fraction of sp³-hybridized carbons (Fsp3) is 0.333. The van der Waals surface area contributed by atoms with Crippen LogP contribution in [0, 0.1) is 0 Å². The minimum Gasteiger partial charge on any atom is -0.423 e. The van der Waals surface area contributed by atoms with Gasteiger partial charge in [0.05, 0.1) is 12.4 Å². The fourth-order valence-electron chi connectivity index (χ4n) is 0.617. The van der Waals surface area contributed by atoms with Crippen molar-refractivity contribution in [3.05, 3.63) is 12.4 Å². The van der Waals surface area contributed by atoms with Crippen molar-refractivity contribution in [2.75, 3.05) is 0 Å². The Kier molecular flexibility index (Phi) is 1.71. The summed E-state index contributed by atoms with van der Waals surface area (Å²) in [5.41, 5.74) is 0. The Balaban J connectivity index is 2.67. The summed E-state index contributed by atoms with van der Waals surface area (Å²) in [4.78, 5) is 10.4. The number of esters is 1. The van der Waals surface area contributed by atoms with Crippen LogP contribution in [0.4, 0.5) is 0 Å². The lowest BCUT2D eigenvalue weighted by molar-refractivity contribution is -0.131. The molecular formula is C6H8N2O2. The number of hydrogen-bond donors (Lipinski definition) is 0. The maximum absolute atomic E-state index is 10.4. The van der Waals surface area contributed by atoms with Crippen molar-refractivity contribution in [3.8, 4) is 5.75 Å². The minimum atomic E-state index is -0.326. The molecule has 54 valence electrons.